The van der Waals surface area contributed by atoms with Crippen molar-refractivity contribution in [2.75, 3.05) is 0 Å². The molecule has 0 N–H and O–H groups in total. The van der Waals surface area contributed by atoms with E-state index in [1.165, 1.54) is 0 Å². The number of ether oxygens (including phenoxy) is 1. The van der Waals surface area contributed by atoms with E-state index in [0.29, 0.717) is 0 Å². The second kappa shape index (κ2) is 4.07. The largest absolute Gasteiger partial charge is 0.362 e. The van der Waals surface area contributed by atoms with E-state index in [9.17, 15) is 39.5 Å². The van der Waals surface area contributed by atoms with Gasteiger partial charge in [0.2, 0.25) is 12.0 Å². The lowest BCUT2D eigenvalue weighted by atomic mass is 10.1. The Balaban J connectivity index is 3.06. The predicted molar refractivity (Wildman–Crippen MR) is 34.9 cm³/mol. The van der Waals surface area contributed by atoms with Gasteiger partial charge in [0, 0.05) is 0 Å². The van der Waals surface area contributed by atoms with Crippen LogP contribution in [0.25, 0.3) is 0 Å². The molecule has 0 bridgehead atoms. The molecule has 0 saturated heterocycles. The van der Waals surface area contributed by atoms with Gasteiger partial charge in [-0.05, 0) is 0 Å². The van der Waals surface area contributed by atoms with E-state index in [4.69, 9.17) is 0 Å². The van der Waals surface area contributed by atoms with Crippen LogP contribution in [0, 0.1) is 0 Å². The number of alkyl halides is 7. The zero-order chi connectivity index (χ0) is 13.6. The van der Waals surface area contributed by atoms with Gasteiger partial charge in [0.1, 0.15) is 0 Å². The molecule has 0 aromatic heterocycles. The molecule has 0 radical (unpaired) electrons. The molecule has 0 fully saturated rings. The second-order valence-corrected chi connectivity index (χ2v) is 3.05. The molecule has 1 rings (SSSR count). The van der Waals surface area contributed by atoms with Gasteiger partial charge < -0.3 is 0 Å². The summed E-state index contributed by atoms with van der Waals surface area (Å²) in [5.74, 6) is -16.7. The Labute approximate surface area is 87.8 Å². The van der Waals surface area contributed by atoms with Crippen molar-refractivity contribution in [1.82, 2.24) is 0 Å². The second-order valence-electron chi connectivity index (χ2n) is 3.05. The summed E-state index contributed by atoms with van der Waals surface area (Å²) in [6.07, 6.45) is -12.1. The maximum Gasteiger partial charge on any atom is 0.362 e. The van der Waals surface area contributed by atoms with Gasteiger partial charge in [0.05, 0.1) is 0 Å². The highest BCUT2D eigenvalue weighted by Crippen LogP contribution is 2.53. The summed E-state index contributed by atoms with van der Waals surface area (Å²) < 4.78 is 114. The molecule has 0 aliphatic heterocycles. The van der Waals surface area contributed by atoms with E-state index < -0.39 is 42.4 Å². The fraction of sp³-hybridized carbons (Fsp3) is 0.714. The molecule has 0 amide bonds. The fourth-order valence-corrected chi connectivity index (χ4v) is 1.08. The van der Waals surface area contributed by atoms with Gasteiger partial charge in [-0.1, -0.05) is 0 Å². The number of hydrogen-bond acceptors (Lipinski definition) is 1. The van der Waals surface area contributed by atoms with Crippen LogP contribution in [0.4, 0.5) is 39.5 Å². The zero-order valence-electron chi connectivity index (χ0n) is 7.54. The maximum atomic E-state index is 13.2. The summed E-state index contributed by atoms with van der Waals surface area (Å²) in [5, 5.41) is 0. The summed E-state index contributed by atoms with van der Waals surface area (Å²) in [6.45, 7) is 0. The minimum absolute atomic E-state index is 2.80. The molecule has 17 heavy (non-hydrogen) atoms. The van der Waals surface area contributed by atoms with Crippen molar-refractivity contribution in [2.45, 2.75) is 30.7 Å². The molecule has 1 nitrogen and oxygen atoms in total. The van der Waals surface area contributed by atoms with Crippen LogP contribution in [-0.2, 0) is 4.74 Å². The van der Waals surface area contributed by atoms with Crippen LogP contribution < -0.4 is 0 Å². The number of hydrogen-bond donors (Lipinski definition) is 0. The predicted octanol–water partition coefficient (Wildman–Crippen LogP) is 3.37. The van der Waals surface area contributed by atoms with Crippen LogP contribution in [0.1, 0.15) is 0 Å². The smallest absolute Gasteiger partial charge is 0.298 e. The van der Waals surface area contributed by atoms with Crippen molar-refractivity contribution in [1.29, 1.82) is 0 Å². The minimum atomic E-state index is -5.53. The first-order valence-corrected chi connectivity index (χ1v) is 3.92. The Bertz CT molecular complexity index is 340. The lowest BCUT2D eigenvalue weighted by Crippen LogP contribution is -2.51. The molecular formula is C7H3F9O. The lowest BCUT2D eigenvalue weighted by Gasteiger charge is -2.29. The van der Waals surface area contributed by atoms with Crippen LogP contribution >= 0.6 is 0 Å². The molecule has 1 aliphatic rings. The first kappa shape index (κ1) is 14.1. The third kappa shape index (κ3) is 1.87. The fourth-order valence-electron chi connectivity index (χ4n) is 1.08. The summed E-state index contributed by atoms with van der Waals surface area (Å²) >= 11 is 0. The number of rotatable bonds is 3. The Morgan fingerprint density at radius 1 is 1.06 bits per heavy atom. The minimum Gasteiger partial charge on any atom is -0.298 e. The molecule has 100 valence electrons. The topological polar surface area (TPSA) is 9.23 Å². The van der Waals surface area contributed by atoms with E-state index in [1.54, 1.807) is 0 Å². The van der Waals surface area contributed by atoms with Crippen molar-refractivity contribution < 1.29 is 44.3 Å². The first-order valence-electron chi connectivity index (χ1n) is 3.92. The van der Waals surface area contributed by atoms with Gasteiger partial charge >= 0.3 is 11.8 Å². The monoisotopic (exact) mass is 274 g/mol. The van der Waals surface area contributed by atoms with Crippen LogP contribution in [0.2, 0.25) is 0 Å². The quantitative estimate of drug-likeness (QED) is 0.717. The molecule has 1 aliphatic carbocycles. The SMILES string of the molecule is FC1=C(F)C(F)(F)C(F)(OC(F)C(F)F)C1F. The first-order chi connectivity index (χ1) is 7.55. The number of halogens is 9. The van der Waals surface area contributed by atoms with Crippen LogP contribution in [-0.4, -0.2) is 30.7 Å². The average molecular weight is 274 g/mol. The van der Waals surface area contributed by atoms with Crippen LogP contribution in [0.3, 0.4) is 0 Å². The van der Waals surface area contributed by atoms with Crippen molar-refractivity contribution in [3.63, 3.8) is 0 Å². The standard InChI is InChI=1S/C7H3F9O/c8-1-2(9)6(14,15)7(16,3(1)10)17-5(13)4(11)12/h3-5H. The highest BCUT2D eigenvalue weighted by molar-refractivity contribution is 5.29. The molecule has 0 heterocycles. The van der Waals surface area contributed by atoms with E-state index in [2.05, 4.69) is 4.74 Å². The molecule has 3 atom stereocenters. The normalized spacial score (nSPS) is 34.6. The molecular weight excluding hydrogens is 271 g/mol. The third-order valence-corrected chi connectivity index (χ3v) is 1.94. The molecule has 0 spiro atoms. The third-order valence-electron chi connectivity index (χ3n) is 1.94. The van der Waals surface area contributed by atoms with Crippen molar-refractivity contribution >= 4 is 0 Å². The average Bonchev–Trinajstić information content (AvgIpc) is 2.33. The molecule has 0 aromatic carbocycles. The highest BCUT2D eigenvalue weighted by Gasteiger charge is 2.74. The Morgan fingerprint density at radius 3 is 1.82 bits per heavy atom. The van der Waals surface area contributed by atoms with Gasteiger partial charge in [-0.3, -0.25) is 4.74 Å². The van der Waals surface area contributed by atoms with Crippen molar-refractivity contribution in [2.24, 2.45) is 0 Å². The van der Waals surface area contributed by atoms with Crippen molar-refractivity contribution in [3.05, 3.63) is 11.7 Å². The van der Waals surface area contributed by atoms with Gasteiger partial charge in [-0.2, -0.15) is 8.78 Å². The highest BCUT2D eigenvalue weighted by atomic mass is 19.3. The lowest BCUT2D eigenvalue weighted by molar-refractivity contribution is -0.329. The Morgan fingerprint density at radius 2 is 1.53 bits per heavy atom. The summed E-state index contributed by atoms with van der Waals surface area (Å²) in [5.41, 5.74) is 0. The van der Waals surface area contributed by atoms with E-state index >= 15 is 0 Å². The van der Waals surface area contributed by atoms with Crippen LogP contribution in [0.5, 0.6) is 0 Å². The molecule has 10 heteroatoms. The summed E-state index contributed by atoms with van der Waals surface area (Å²) in [4.78, 5) is 0. The van der Waals surface area contributed by atoms with E-state index in [-0.39, 0.29) is 0 Å². The maximum absolute atomic E-state index is 13.2. The molecule has 3 unspecified atom stereocenters. The van der Waals surface area contributed by atoms with Gasteiger partial charge in [0.15, 0.2) is 5.83 Å². The van der Waals surface area contributed by atoms with E-state index in [0.717, 1.165) is 0 Å². The Hall–Kier alpha value is -0.930. The van der Waals surface area contributed by atoms with Crippen LogP contribution in [0.15, 0.2) is 11.7 Å². The molecule has 0 saturated carbocycles. The summed E-state index contributed by atoms with van der Waals surface area (Å²) in [7, 11) is 0. The van der Waals surface area contributed by atoms with E-state index in [1.807, 2.05) is 0 Å². The van der Waals surface area contributed by atoms with Gasteiger partial charge in [-0.25, -0.2) is 30.7 Å². The molecule has 0 aromatic rings. The zero-order valence-corrected chi connectivity index (χ0v) is 7.54. The van der Waals surface area contributed by atoms with Crippen molar-refractivity contribution in [3.8, 4) is 0 Å². The van der Waals surface area contributed by atoms with Gasteiger partial charge in [-0.15, -0.1) is 0 Å². The summed E-state index contributed by atoms with van der Waals surface area (Å²) in [6, 6.07) is 0. The van der Waals surface area contributed by atoms with Gasteiger partial charge in [0.25, 0.3) is 12.8 Å². The Kier molecular flexibility index (Phi) is 3.38.